The molecule has 0 aliphatic heterocycles. The largest absolute Gasteiger partial charge is 0.419 e. The molecule has 0 aromatic heterocycles. The lowest BCUT2D eigenvalue weighted by atomic mass is 10.1. The van der Waals surface area contributed by atoms with Gasteiger partial charge in [0.05, 0.1) is 5.56 Å². The molecule has 3 rings (SSSR count). The van der Waals surface area contributed by atoms with Crippen molar-refractivity contribution in [2.45, 2.75) is 19.5 Å². The summed E-state index contributed by atoms with van der Waals surface area (Å²) >= 11 is 0. The summed E-state index contributed by atoms with van der Waals surface area (Å²) in [7, 11) is 0. The number of anilines is 2. The van der Waals surface area contributed by atoms with Crippen molar-refractivity contribution in [2.75, 3.05) is 10.6 Å². The van der Waals surface area contributed by atoms with Gasteiger partial charge < -0.3 is 10.6 Å². The fourth-order valence-electron chi connectivity index (χ4n) is 2.65. The van der Waals surface area contributed by atoms with E-state index < -0.39 is 23.5 Å². The normalized spacial score (nSPS) is 18.7. The smallest absolute Gasteiger partial charge is 0.326 e. The number of carbonyl (C=O) groups excluding carboxylic acids is 2. The first-order chi connectivity index (χ1) is 12.6. The molecule has 2 unspecified atom stereocenters. The molecule has 1 fully saturated rings. The van der Waals surface area contributed by atoms with Crippen LogP contribution in [0.15, 0.2) is 42.5 Å². The topological polar surface area (TPSA) is 58.2 Å². The van der Waals surface area contributed by atoms with Crippen molar-refractivity contribution in [3.63, 3.8) is 0 Å². The Morgan fingerprint density at radius 3 is 2.15 bits per heavy atom. The molecular weight excluding hydrogens is 364 g/mol. The Morgan fingerprint density at radius 1 is 1.00 bits per heavy atom. The highest BCUT2D eigenvalue weighted by atomic mass is 19.4. The molecule has 2 atom stereocenters. The van der Waals surface area contributed by atoms with Crippen LogP contribution in [0.5, 0.6) is 0 Å². The van der Waals surface area contributed by atoms with Crippen LogP contribution in [-0.4, -0.2) is 11.8 Å². The van der Waals surface area contributed by atoms with Crippen molar-refractivity contribution in [3.05, 3.63) is 59.4 Å². The van der Waals surface area contributed by atoms with Crippen molar-refractivity contribution < 1.29 is 27.2 Å². The lowest BCUT2D eigenvalue weighted by Crippen LogP contribution is -2.16. The predicted molar refractivity (Wildman–Crippen MR) is 91.7 cm³/mol. The Hall–Kier alpha value is -2.90. The van der Waals surface area contributed by atoms with Gasteiger partial charge in [0, 0.05) is 22.9 Å². The van der Waals surface area contributed by atoms with E-state index in [1.54, 1.807) is 0 Å². The number of nitrogens with one attached hydrogen (secondary N) is 2. The molecule has 27 heavy (non-hydrogen) atoms. The molecule has 4 nitrogen and oxygen atoms in total. The van der Waals surface area contributed by atoms with Crippen molar-refractivity contribution in [1.29, 1.82) is 0 Å². The number of hydrogen-bond acceptors (Lipinski definition) is 2. The Labute approximate surface area is 152 Å². The van der Waals surface area contributed by atoms with Crippen molar-refractivity contribution in [2.24, 2.45) is 11.8 Å². The zero-order valence-corrected chi connectivity index (χ0v) is 14.2. The van der Waals surface area contributed by atoms with E-state index >= 15 is 0 Å². The van der Waals surface area contributed by atoms with Gasteiger partial charge in [0.15, 0.2) is 0 Å². The molecule has 0 saturated heterocycles. The molecule has 0 bridgehead atoms. The van der Waals surface area contributed by atoms with Gasteiger partial charge in [-0.2, -0.15) is 13.2 Å². The van der Waals surface area contributed by atoms with Crippen LogP contribution in [-0.2, 0) is 11.0 Å². The molecule has 2 aromatic rings. The molecule has 1 aliphatic rings. The summed E-state index contributed by atoms with van der Waals surface area (Å²) in [6.45, 7) is 1.98. The van der Waals surface area contributed by atoms with E-state index in [1.807, 2.05) is 6.92 Å². The molecule has 0 spiro atoms. The minimum atomic E-state index is -4.86. The minimum Gasteiger partial charge on any atom is -0.326 e. The molecule has 1 aliphatic carbocycles. The lowest BCUT2D eigenvalue weighted by Gasteiger charge is -2.11. The minimum absolute atomic E-state index is 0.00859. The summed E-state index contributed by atoms with van der Waals surface area (Å²) < 4.78 is 51.5. The molecule has 0 radical (unpaired) electrons. The van der Waals surface area contributed by atoms with Crippen molar-refractivity contribution in [1.82, 2.24) is 0 Å². The second-order valence-electron chi connectivity index (χ2n) is 6.53. The number of carbonyl (C=O) groups is 2. The second kappa shape index (κ2) is 7.02. The first-order valence-corrected chi connectivity index (χ1v) is 8.24. The Bertz CT molecular complexity index is 878. The fourth-order valence-corrected chi connectivity index (χ4v) is 2.65. The van der Waals surface area contributed by atoms with Gasteiger partial charge in [-0.3, -0.25) is 9.59 Å². The molecule has 0 heterocycles. The van der Waals surface area contributed by atoms with Gasteiger partial charge in [-0.05, 0) is 54.8 Å². The van der Waals surface area contributed by atoms with Gasteiger partial charge in [-0.15, -0.1) is 0 Å². The molecule has 2 aromatic carbocycles. The first-order valence-electron chi connectivity index (χ1n) is 8.24. The summed E-state index contributed by atoms with van der Waals surface area (Å²) in [6.07, 6.45) is -4.01. The van der Waals surface area contributed by atoms with Gasteiger partial charge in [0.25, 0.3) is 5.91 Å². The van der Waals surface area contributed by atoms with Gasteiger partial charge in [0.1, 0.15) is 5.82 Å². The Morgan fingerprint density at radius 2 is 1.59 bits per heavy atom. The van der Waals surface area contributed by atoms with Gasteiger partial charge >= 0.3 is 6.18 Å². The van der Waals surface area contributed by atoms with Crippen LogP contribution in [0.3, 0.4) is 0 Å². The average Bonchev–Trinajstić information content (AvgIpc) is 3.33. The van der Waals surface area contributed by atoms with Crippen molar-refractivity contribution in [3.8, 4) is 0 Å². The SMILES string of the molecule is CC1CC1C(=O)Nc1ccc(C(=O)Nc2ccc(F)c(C(F)(F)F)c2)cc1. The van der Waals surface area contributed by atoms with Crippen LogP contribution < -0.4 is 10.6 Å². The standard InChI is InChI=1S/C19H16F4N2O2/c1-10-8-14(10)18(27)24-12-4-2-11(3-5-12)17(26)25-13-6-7-16(20)15(9-13)19(21,22)23/h2-7,9-10,14H,8H2,1H3,(H,24,27)(H,25,26). The van der Waals surface area contributed by atoms with E-state index in [0.717, 1.165) is 12.5 Å². The van der Waals surface area contributed by atoms with Gasteiger partial charge in [0.2, 0.25) is 5.91 Å². The monoisotopic (exact) mass is 380 g/mol. The van der Waals surface area contributed by atoms with E-state index in [-0.39, 0.29) is 23.1 Å². The zero-order valence-electron chi connectivity index (χ0n) is 14.2. The summed E-state index contributed by atoms with van der Waals surface area (Å²) in [5.74, 6) is -1.76. The van der Waals surface area contributed by atoms with Crippen LogP contribution in [0, 0.1) is 17.7 Å². The van der Waals surface area contributed by atoms with E-state index in [9.17, 15) is 27.2 Å². The highest BCUT2D eigenvalue weighted by Crippen LogP contribution is 2.38. The number of benzene rings is 2. The number of halogens is 4. The van der Waals surface area contributed by atoms with Crippen LogP contribution in [0.2, 0.25) is 0 Å². The second-order valence-corrected chi connectivity index (χ2v) is 6.53. The molecule has 8 heteroatoms. The maximum atomic E-state index is 13.3. The molecule has 142 valence electrons. The summed E-state index contributed by atoms with van der Waals surface area (Å²) in [5.41, 5.74) is -0.913. The first kappa shape index (κ1) is 18.9. The van der Waals surface area contributed by atoms with Crippen LogP contribution in [0.25, 0.3) is 0 Å². The van der Waals surface area contributed by atoms with Crippen molar-refractivity contribution >= 4 is 23.2 Å². The third kappa shape index (κ3) is 4.45. The predicted octanol–water partition coefficient (Wildman–Crippen LogP) is 4.69. The molecule has 1 saturated carbocycles. The van der Waals surface area contributed by atoms with E-state index in [0.29, 0.717) is 23.7 Å². The highest BCUT2D eigenvalue weighted by molar-refractivity contribution is 6.04. The summed E-state index contributed by atoms with van der Waals surface area (Å²) in [5, 5.41) is 5.04. The average molecular weight is 380 g/mol. The Balaban J connectivity index is 1.67. The summed E-state index contributed by atoms with van der Waals surface area (Å²) in [6, 6.07) is 8.19. The molecule has 2 N–H and O–H groups in total. The molecular formula is C19H16F4N2O2. The van der Waals surface area contributed by atoms with E-state index in [1.165, 1.54) is 24.3 Å². The van der Waals surface area contributed by atoms with Gasteiger partial charge in [-0.25, -0.2) is 4.39 Å². The summed E-state index contributed by atoms with van der Waals surface area (Å²) in [4.78, 5) is 24.1. The lowest BCUT2D eigenvalue weighted by molar-refractivity contribution is -0.140. The zero-order chi connectivity index (χ0) is 19.8. The highest BCUT2D eigenvalue weighted by Gasteiger charge is 2.39. The maximum Gasteiger partial charge on any atom is 0.419 e. The van der Waals surface area contributed by atoms with E-state index in [2.05, 4.69) is 10.6 Å². The number of rotatable bonds is 4. The fraction of sp³-hybridized carbons (Fsp3) is 0.263. The number of hydrogen-bond donors (Lipinski definition) is 2. The quantitative estimate of drug-likeness (QED) is 0.756. The Kier molecular flexibility index (Phi) is 4.91. The third-order valence-electron chi connectivity index (χ3n) is 4.39. The van der Waals surface area contributed by atoms with Crippen LogP contribution in [0.4, 0.5) is 28.9 Å². The third-order valence-corrected chi connectivity index (χ3v) is 4.39. The number of amides is 2. The number of alkyl halides is 3. The van der Waals surface area contributed by atoms with E-state index in [4.69, 9.17) is 0 Å². The van der Waals surface area contributed by atoms with Gasteiger partial charge in [-0.1, -0.05) is 6.92 Å². The maximum absolute atomic E-state index is 13.3. The van der Waals surface area contributed by atoms with Crippen LogP contribution in [0.1, 0.15) is 29.3 Å². The molecule has 2 amide bonds. The van der Waals surface area contributed by atoms with Crippen LogP contribution >= 0.6 is 0 Å².